The quantitative estimate of drug-likeness (QED) is 0.362. The molecule has 4 aromatic rings. The topological polar surface area (TPSA) is 35.3 Å². The summed E-state index contributed by atoms with van der Waals surface area (Å²) in [7, 11) is 0. The number of ether oxygens (including phenoxy) is 1. The summed E-state index contributed by atoms with van der Waals surface area (Å²) < 4.78 is 12.9. The van der Waals surface area contributed by atoms with Crippen LogP contribution in [-0.4, -0.2) is 11.6 Å². The lowest BCUT2D eigenvalue weighted by Gasteiger charge is -2.08. The summed E-state index contributed by atoms with van der Waals surface area (Å²) in [6, 6.07) is 22.0. The lowest BCUT2D eigenvalue weighted by molar-refractivity contribution is 0.364. The van der Waals surface area contributed by atoms with E-state index < -0.39 is 0 Å². The van der Waals surface area contributed by atoms with Gasteiger partial charge in [-0.3, -0.25) is 0 Å². The summed E-state index contributed by atoms with van der Waals surface area (Å²) in [5, 5.41) is 0. The largest absolute Gasteiger partial charge is 0.489 e. The fourth-order valence-electron chi connectivity index (χ4n) is 2.83. The number of benzene rings is 3. The maximum Gasteiger partial charge on any atom is 0.231 e. The normalized spacial score (nSPS) is 11.3. The number of hydrogen-bond donors (Lipinski definition) is 0. The van der Waals surface area contributed by atoms with Gasteiger partial charge in [-0.2, -0.15) is 0 Å². The van der Waals surface area contributed by atoms with Crippen LogP contribution in [0.4, 0.5) is 0 Å². The summed E-state index contributed by atoms with van der Waals surface area (Å²) in [4.78, 5) is 4.64. The van der Waals surface area contributed by atoms with Crippen LogP contribution < -0.4 is 4.74 Å². The Kier molecular flexibility index (Phi) is 5.07. The van der Waals surface area contributed by atoms with Crippen LogP contribution in [0.2, 0.25) is 0 Å². The van der Waals surface area contributed by atoms with Crippen molar-refractivity contribution in [2.24, 2.45) is 0 Å². The predicted octanol–water partition coefficient (Wildman–Crippen LogP) is 6.66. The van der Waals surface area contributed by atoms with Crippen LogP contribution >= 0.6 is 15.9 Å². The highest BCUT2D eigenvalue weighted by Crippen LogP contribution is 2.34. The first-order valence-electron chi connectivity index (χ1n) is 8.70. The second-order valence-electron chi connectivity index (χ2n) is 6.25. The van der Waals surface area contributed by atoms with Gasteiger partial charge < -0.3 is 9.15 Å². The Morgan fingerprint density at radius 2 is 1.89 bits per heavy atom. The zero-order valence-corrected chi connectivity index (χ0v) is 16.4. The lowest BCUT2D eigenvalue weighted by Crippen LogP contribution is -1.95. The van der Waals surface area contributed by atoms with Crippen LogP contribution in [0.5, 0.6) is 5.75 Å². The van der Waals surface area contributed by atoms with E-state index in [1.807, 2.05) is 73.7 Å². The van der Waals surface area contributed by atoms with Crippen molar-refractivity contribution in [2.45, 2.75) is 6.92 Å². The van der Waals surface area contributed by atoms with Gasteiger partial charge in [0.25, 0.3) is 0 Å². The Labute approximate surface area is 166 Å². The molecule has 0 aliphatic rings. The van der Waals surface area contributed by atoms with Gasteiger partial charge >= 0.3 is 0 Å². The Balaban J connectivity index is 1.59. The maximum absolute atomic E-state index is 5.98. The van der Waals surface area contributed by atoms with Crippen molar-refractivity contribution in [1.82, 2.24) is 4.98 Å². The summed E-state index contributed by atoms with van der Waals surface area (Å²) >= 11 is 3.52. The van der Waals surface area contributed by atoms with E-state index in [4.69, 9.17) is 9.15 Å². The molecule has 0 atom stereocenters. The Hall–Kier alpha value is -2.85. The van der Waals surface area contributed by atoms with Gasteiger partial charge in [-0.25, -0.2) is 4.98 Å². The molecule has 0 bridgehead atoms. The van der Waals surface area contributed by atoms with Gasteiger partial charge in [0.15, 0.2) is 5.58 Å². The van der Waals surface area contributed by atoms with Gasteiger partial charge in [-0.15, -0.1) is 0 Å². The molecule has 3 aromatic carbocycles. The second-order valence-corrected chi connectivity index (χ2v) is 7.17. The third-order valence-corrected chi connectivity index (χ3v) is 4.65. The SMILES string of the molecule is Cc1ccc2oc(-c3cc(Br)ccc3OC/C=C/c3ccccc3)nc2c1. The number of oxazole rings is 1. The first-order chi connectivity index (χ1) is 13.2. The number of fused-ring (bicyclic) bond motifs is 1. The van der Waals surface area contributed by atoms with Crippen LogP contribution in [0.15, 0.2) is 81.7 Å². The summed E-state index contributed by atoms with van der Waals surface area (Å²) in [6.45, 7) is 2.50. The molecule has 0 saturated heterocycles. The number of nitrogens with zero attached hydrogens (tertiary/aromatic N) is 1. The number of rotatable bonds is 5. The minimum Gasteiger partial charge on any atom is -0.489 e. The average molecular weight is 420 g/mol. The molecule has 134 valence electrons. The number of aryl methyl sites for hydroxylation is 1. The van der Waals surface area contributed by atoms with Gasteiger partial charge in [0.1, 0.15) is 17.9 Å². The molecule has 0 radical (unpaired) electrons. The van der Waals surface area contributed by atoms with Crippen molar-refractivity contribution in [3.8, 4) is 17.2 Å². The zero-order valence-electron chi connectivity index (χ0n) is 14.9. The van der Waals surface area contributed by atoms with E-state index in [0.717, 1.165) is 38.0 Å². The molecule has 0 N–H and O–H groups in total. The van der Waals surface area contributed by atoms with Crippen molar-refractivity contribution in [2.75, 3.05) is 6.61 Å². The third-order valence-electron chi connectivity index (χ3n) is 4.16. The third kappa shape index (κ3) is 4.12. The van der Waals surface area contributed by atoms with Gasteiger partial charge in [0.2, 0.25) is 5.89 Å². The molecule has 1 heterocycles. The molecule has 3 nitrogen and oxygen atoms in total. The summed E-state index contributed by atoms with van der Waals surface area (Å²) in [5.41, 5.74) is 4.74. The minimum atomic E-state index is 0.461. The van der Waals surface area contributed by atoms with Gasteiger partial charge in [-0.1, -0.05) is 58.4 Å². The molecule has 0 unspecified atom stereocenters. The maximum atomic E-state index is 5.98. The standard InChI is InChI=1S/C23H18BrNO2/c1-16-9-11-22-20(14-16)25-23(27-22)19-15-18(24)10-12-21(19)26-13-5-8-17-6-3-2-4-7-17/h2-12,14-15H,13H2,1H3/b8-5+. The Morgan fingerprint density at radius 1 is 1.04 bits per heavy atom. The second kappa shape index (κ2) is 7.80. The average Bonchev–Trinajstić information content (AvgIpc) is 3.10. The van der Waals surface area contributed by atoms with E-state index in [9.17, 15) is 0 Å². The van der Waals surface area contributed by atoms with Crippen LogP contribution in [0, 0.1) is 6.92 Å². The van der Waals surface area contributed by atoms with Crippen LogP contribution in [0.3, 0.4) is 0 Å². The Morgan fingerprint density at radius 3 is 2.74 bits per heavy atom. The molecule has 27 heavy (non-hydrogen) atoms. The fraction of sp³-hybridized carbons (Fsp3) is 0.0870. The van der Waals surface area contributed by atoms with Crippen molar-refractivity contribution < 1.29 is 9.15 Å². The molecular formula is C23H18BrNO2. The number of halogens is 1. The summed E-state index contributed by atoms with van der Waals surface area (Å²) in [6.07, 6.45) is 4.04. The van der Waals surface area contributed by atoms with E-state index in [0.29, 0.717) is 12.5 Å². The molecule has 0 spiro atoms. The van der Waals surface area contributed by atoms with Crippen molar-refractivity contribution in [3.63, 3.8) is 0 Å². The van der Waals surface area contributed by atoms with Crippen molar-refractivity contribution >= 4 is 33.1 Å². The molecule has 0 amide bonds. The molecular weight excluding hydrogens is 402 g/mol. The first-order valence-corrected chi connectivity index (χ1v) is 9.50. The van der Waals surface area contributed by atoms with Crippen molar-refractivity contribution in [1.29, 1.82) is 0 Å². The molecule has 4 heteroatoms. The van der Waals surface area contributed by atoms with Crippen LogP contribution in [0.25, 0.3) is 28.6 Å². The number of hydrogen-bond acceptors (Lipinski definition) is 3. The molecule has 4 rings (SSSR count). The number of aromatic nitrogens is 1. The van der Waals surface area contributed by atoms with Gasteiger partial charge in [0.05, 0.1) is 5.56 Å². The van der Waals surface area contributed by atoms with E-state index in [2.05, 4.69) is 33.0 Å². The van der Waals surface area contributed by atoms with Gasteiger partial charge in [0, 0.05) is 4.47 Å². The van der Waals surface area contributed by atoms with E-state index in [1.165, 1.54) is 0 Å². The lowest BCUT2D eigenvalue weighted by atomic mass is 10.2. The van der Waals surface area contributed by atoms with E-state index >= 15 is 0 Å². The molecule has 1 aromatic heterocycles. The highest BCUT2D eigenvalue weighted by atomic mass is 79.9. The minimum absolute atomic E-state index is 0.461. The predicted molar refractivity (Wildman–Crippen MR) is 113 cm³/mol. The molecule has 0 aliphatic carbocycles. The van der Waals surface area contributed by atoms with Gasteiger partial charge in [-0.05, 0) is 54.5 Å². The van der Waals surface area contributed by atoms with E-state index in [1.54, 1.807) is 0 Å². The van der Waals surface area contributed by atoms with Crippen LogP contribution in [-0.2, 0) is 0 Å². The molecule has 0 aliphatic heterocycles. The zero-order chi connectivity index (χ0) is 18.6. The monoisotopic (exact) mass is 419 g/mol. The highest BCUT2D eigenvalue weighted by Gasteiger charge is 2.14. The van der Waals surface area contributed by atoms with E-state index in [-0.39, 0.29) is 0 Å². The van der Waals surface area contributed by atoms with Crippen LogP contribution in [0.1, 0.15) is 11.1 Å². The first kappa shape index (κ1) is 17.6. The molecule has 0 fully saturated rings. The van der Waals surface area contributed by atoms with Crippen molar-refractivity contribution in [3.05, 3.63) is 88.4 Å². The summed E-state index contributed by atoms with van der Waals surface area (Å²) in [5.74, 6) is 1.29. The fourth-order valence-corrected chi connectivity index (χ4v) is 3.20. The smallest absolute Gasteiger partial charge is 0.231 e. The molecule has 0 saturated carbocycles. The highest BCUT2D eigenvalue weighted by molar-refractivity contribution is 9.10. The Bertz CT molecular complexity index is 1100.